The van der Waals surface area contributed by atoms with Crippen molar-refractivity contribution in [3.8, 4) is 5.75 Å². The maximum absolute atomic E-state index is 9.71. The van der Waals surface area contributed by atoms with Crippen molar-refractivity contribution < 1.29 is 5.11 Å². The zero-order valence-corrected chi connectivity index (χ0v) is 12.9. The van der Waals surface area contributed by atoms with Crippen LogP contribution in [0.25, 0.3) is 0 Å². The number of likely N-dealkylation sites (tertiary alicyclic amines) is 1. The summed E-state index contributed by atoms with van der Waals surface area (Å²) < 4.78 is 0. The van der Waals surface area contributed by atoms with Crippen LogP contribution >= 0.6 is 17.0 Å². The molecular formula is C15H22BrNO. The average molecular weight is 312 g/mol. The van der Waals surface area contributed by atoms with E-state index in [-0.39, 0.29) is 22.4 Å². The van der Waals surface area contributed by atoms with Gasteiger partial charge in [0.1, 0.15) is 5.75 Å². The summed E-state index contributed by atoms with van der Waals surface area (Å²) in [5.41, 5.74) is 3.10. The van der Waals surface area contributed by atoms with Gasteiger partial charge in [0.05, 0.1) is 0 Å². The summed E-state index contributed by atoms with van der Waals surface area (Å²) in [6.45, 7) is 3.58. The molecule has 0 saturated carbocycles. The molecule has 1 aliphatic carbocycles. The topological polar surface area (TPSA) is 23.5 Å². The molecule has 2 aliphatic rings. The number of phenolic OH excluding ortho intramolecular Hbond substituents is 1. The Bertz CT molecular complexity index is 448. The summed E-state index contributed by atoms with van der Waals surface area (Å²) in [5, 5.41) is 9.71. The number of hydrogen-bond acceptors (Lipinski definition) is 2. The highest BCUT2D eigenvalue weighted by molar-refractivity contribution is 8.93. The summed E-state index contributed by atoms with van der Waals surface area (Å²) in [7, 11) is 2.25. The van der Waals surface area contributed by atoms with Gasteiger partial charge in [-0.05, 0) is 68.0 Å². The largest absolute Gasteiger partial charge is 0.508 e. The molecule has 1 fully saturated rings. The minimum absolute atomic E-state index is 0. The molecule has 0 amide bonds. The third-order valence-corrected chi connectivity index (χ3v) is 4.75. The number of rotatable bonds is 0. The van der Waals surface area contributed by atoms with Crippen molar-refractivity contribution in [3.63, 3.8) is 0 Å². The van der Waals surface area contributed by atoms with Gasteiger partial charge in [-0.2, -0.15) is 0 Å². The van der Waals surface area contributed by atoms with Crippen LogP contribution in [0.15, 0.2) is 18.2 Å². The molecule has 0 radical (unpaired) electrons. The molecule has 18 heavy (non-hydrogen) atoms. The minimum Gasteiger partial charge on any atom is -0.508 e. The summed E-state index contributed by atoms with van der Waals surface area (Å²) >= 11 is 0. The average Bonchev–Trinajstić information content (AvgIpc) is 2.40. The van der Waals surface area contributed by atoms with E-state index in [2.05, 4.69) is 24.9 Å². The number of phenols is 1. The summed E-state index contributed by atoms with van der Waals surface area (Å²) in [5.74, 6) is 0.418. The Balaban J connectivity index is 0.00000120. The molecule has 1 aromatic rings. The number of aromatic hydroxyl groups is 1. The molecular weight excluding hydrogens is 290 g/mol. The molecule has 0 aromatic heterocycles. The Labute approximate surface area is 120 Å². The van der Waals surface area contributed by atoms with Crippen molar-refractivity contribution >= 4 is 17.0 Å². The van der Waals surface area contributed by atoms with Gasteiger partial charge in [-0.1, -0.05) is 13.0 Å². The quantitative estimate of drug-likeness (QED) is 0.795. The molecule has 1 N–H and O–H groups in total. The van der Waals surface area contributed by atoms with Crippen LogP contribution < -0.4 is 0 Å². The van der Waals surface area contributed by atoms with Gasteiger partial charge in [-0.3, -0.25) is 0 Å². The van der Waals surface area contributed by atoms with Crippen LogP contribution in [-0.4, -0.2) is 29.6 Å². The molecule has 3 heteroatoms. The lowest BCUT2D eigenvalue weighted by Gasteiger charge is -2.40. The first-order valence-electron chi connectivity index (χ1n) is 6.61. The molecule has 2 bridgehead atoms. The second-order valence-electron chi connectivity index (χ2n) is 6.05. The Morgan fingerprint density at radius 2 is 2.17 bits per heavy atom. The molecule has 100 valence electrons. The van der Waals surface area contributed by atoms with Crippen LogP contribution in [0.1, 0.15) is 37.3 Å². The molecule has 0 spiro atoms. The predicted molar refractivity (Wildman–Crippen MR) is 79.8 cm³/mol. The van der Waals surface area contributed by atoms with E-state index in [1.54, 1.807) is 0 Å². The summed E-state index contributed by atoms with van der Waals surface area (Å²) in [4.78, 5) is 2.51. The fourth-order valence-corrected chi connectivity index (χ4v) is 3.71. The van der Waals surface area contributed by atoms with Crippen molar-refractivity contribution in [2.75, 3.05) is 13.6 Å². The second kappa shape index (κ2) is 4.86. The SMILES string of the molecule is Br.CN1CCC[C@]2(C)CC1Cc1ccc(O)cc12. The van der Waals surface area contributed by atoms with E-state index < -0.39 is 0 Å². The third-order valence-electron chi connectivity index (χ3n) is 4.75. The fraction of sp³-hybridized carbons (Fsp3) is 0.600. The molecule has 1 aromatic carbocycles. The molecule has 1 unspecified atom stereocenters. The predicted octanol–water partition coefficient (Wildman–Crippen LogP) is 3.27. The second-order valence-corrected chi connectivity index (χ2v) is 6.05. The van der Waals surface area contributed by atoms with E-state index in [0.717, 1.165) is 6.42 Å². The van der Waals surface area contributed by atoms with E-state index >= 15 is 0 Å². The Kier molecular flexibility index (Phi) is 3.75. The maximum Gasteiger partial charge on any atom is 0.115 e. The van der Waals surface area contributed by atoms with E-state index in [1.807, 2.05) is 12.1 Å². The maximum atomic E-state index is 9.71. The highest BCUT2D eigenvalue weighted by Gasteiger charge is 2.39. The van der Waals surface area contributed by atoms with Gasteiger partial charge in [-0.25, -0.2) is 0 Å². The smallest absolute Gasteiger partial charge is 0.115 e. The van der Waals surface area contributed by atoms with E-state index in [4.69, 9.17) is 0 Å². The number of benzene rings is 1. The van der Waals surface area contributed by atoms with Crippen LogP contribution in [0.3, 0.4) is 0 Å². The van der Waals surface area contributed by atoms with Gasteiger partial charge in [0.15, 0.2) is 0 Å². The standard InChI is InChI=1S/C15H21NO.BrH/c1-15-6-3-7-16(2)12(10-15)8-11-4-5-13(17)9-14(11)15;/h4-5,9,12,17H,3,6-8,10H2,1-2H3;1H/t12?,15-;/m1./s1. The lowest BCUT2D eigenvalue weighted by molar-refractivity contribution is 0.215. The van der Waals surface area contributed by atoms with Crippen molar-refractivity contribution in [1.29, 1.82) is 0 Å². The number of halogens is 1. The third kappa shape index (κ3) is 2.19. The number of fused-ring (bicyclic) bond motifs is 4. The van der Waals surface area contributed by atoms with E-state index in [1.165, 1.54) is 36.9 Å². The lowest BCUT2D eigenvalue weighted by atomic mass is 9.68. The van der Waals surface area contributed by atoms with E-state index in [0.29, 0.717) is 11.8 Å². The minimum atomic E-state index is 0. The zero-order valence-electron chi connectivity index (χ0n) is 11.1. The van der Waals surface area contributed by atoms with Gasteiger partial charge >= 0.3 is 0 Å². The molecule has 1 heterocycles. The lowest BCUT2D eigenvalue weighted by Crippen LogP contribution is -2.40. The van der Waals surface area contributed by atoms with Crippen LogP contribution in [0.5, 0.6) is 5.75 Å². The molecule has 1 aliphatic heterocycles. The van der Waals surface area contributed by atoms with Crippen LogP contribution in [0.2, 0.25) is 0 Å². The molecule has 2 nitrogen and oxygen atoms in total. The van der Waals surface area contributed by atoms with Crippen LogP contribution in [-0.2, 0) is 11.8 Å². The first-order valence-corrected chi connectivity index (χ1v) is 6.61. The number of likely N-dealkylation sites (N-methyl/N-ethyl adjacent to an activating group) is 1. The number of hydrogen-bond donors (Lipinski definition) is 1. The van der Waals surface area contributed by atoms with Crippen molar-refractivity contribution in [1.82, 2.24) is 4.90 Å². The van der Waals surface area contributed by atoms with Crippen molar-refractivity contribution in [2.45, 2.75) is 44.1 Å². The zero-order chi connectivity index (χ0) is 12.0. The number of nitrogens with zero attached hydrogens (tertiary/aromatic N) is 1. The summed E-state index contributed by atoms with van der Waals surface area (Å²) in [6.07, 6.45) is 4.88. The fourth-order valence-electron chi connectivity index (χ4n) is 3.71. The van der Waals surface area contributed by atoms with Gasteiger partial charge in [-0.15, -0.1) is 17.0 Å². The van der Waals surface area contributed by atoms with Gasteiger partial charge < -0.3 is 10.0 Å². The van der Waals surface area contributed by atoms with Gasteiger partial charge in [0, 0.05) is 6.04 Å². The Morgan fingerprint density at radius 1 is 1.39 bits per heavy atom. The Hall–Kier alpha value is -0.540. The Morgan fingerprint density at radius 3 is 2.94 bits per heavy atom. The van der Waals surface area contributed by atoms with Crippen molar-refractivity contribution in [2.24, 2.45) is 0 Å². The van der Waals surface area contributed by atoms with E-state index in [9.17, 15) is 5.11 Å². The van der Waals surface area contributed by atoms with Gasteiger partial charge in [0.25, 0.3) is 0 Å². The van der Waals surface area contributed by atoms with Crippen molar-refractivity contribution in [3.05, 3.63) is 29.3 Å². The summed E-state index contributed by atoms with van der Waals surface area (Å²) in [6, 6.07) is 6.63. The highest BCUT2D eigenvalue weighted by Crippen LogP contribution is 2.44. The molecule has 2 atom stereocenters. The highest BCUT2D eigenvalue weighted by atomic mass is 79.9. The normalized spacial score (nSPS) is 31.1. The first-order chi connectivity index (χ1) is 8.08. The van der Waals surface area contributed by atoms with Crippen LogP contribution in [0, 0.1) is 0 Å². The molecule has 1 saturated heterocycles. The van der Waals surface area contributed by atoms with Crippen LogP contribution in [0.4, 0.5) is 0 Å². The van der Waals surface area contributed by atoms with Gasteiger partial charge in [0.2, 0.25) is 0 Å². The molecule has 3 rings (SSSR count). The first kappa shape index (κ1) is 13.9. The monoisotopic (exact) mass is 311 g/mol.